The maximum absolute atomic E-state index is 11.2. The lowest BCUT2D eigenvalue weighted by Crippen LogP contribution is -2.31. The van der Waals surface area contributed by atoms with Gasteiger partial charge in [-0.3, -0.25) is 4.79 Å². The fourth-order valence-corrected chi connectivity index (χ4v) is 2.62. The van der Waals surface area contributed by atoms with Crippen molar-refractivity contribution >= 4 is 17.5 Å². The molecule has 7 heteroatoms. The lowest BCUT2D eigenvalue weighted by molar-refractivity contribution is -0.389. The summed E-state index contributed by atoms with van der Waals surface area (Å²) < 4.78 is 0. The van der Waals surface area contributed by atoms with Crippen molar-refractivity contribution in [2.75, 3.05) is 11.9 Å². The molecule has 2 rings (SSSR count). The molecule has 108 valence electrons. The van der Waals surface area contributed by atoms with Gasteiger partial charge in [-0.05, 0) is 34.7 Å². The van der Waals surface area contributed by atoms with Crippen LogP contribution in [0.15, 0.2) is 18.3 Å². The van der Waals surface area contributed by atoms with Crippen LogP contribution < -0.4 is 5.32 Å². The van der Waals surface area contributed by atoms with E-state index in [2.05, 4.69) is 10.3 Å². The number of carboxylic acids is 1. The normalized spacial score (nSPS) is 22.2. The van der Waals surface area contributed by atoms with Crippen LogP contribution in [0, 0.1) is 22.0 Å². The third-order valence-electron chi connectivity index (χ3n) is 3.73. The maximum atomic E-state index is 11.2. The van der Waals surface area contributed by atoms with Crippen molar-refractivity contribution in [3.8, 4) is 0 Å². The fourth-order valence-electron chi connectivity index (χ4n) is 2.62. The molecule has 1 aliphatic rings. The second-order valence-corrected chi connectivity index (χ2v) is 5.03. The quantitative estimate of drug-likeness (QED) is 0.632. The number of pyridine rings is 1. The highest BCUT2D eigenvalue weighted by atomic mass is 16.6. The molecular formula is C13H17N3O4. The van der Waals surface area contributed by atoms with Crippen LogP contribution in [-0.2, 0) is 4.79 Å². The van der Waals surface area contributed by atoms with Crippen molar-refractivity contribution in [2.24, 2.45) is 11.8 Å². The number of aromatic nitrogens is 1. The predicted molar refractivity (Wildman–Crippen MR) is 72.5 cm³/mol. The molecule has 0 radical (unpaired) electrons. The van der Waals surface area contributed by atoms with Gasteiger partial charge in [-0.25, -0.2) is 0 Å². The summed E-state index contributed by atoms with van der Waals surface area (Å²) in [4.78, 5) is 24.8. The molecule has 7 nitrogen and oxygen atoms in total. The molecule has 20 heavy (non-hydrogen) atoms. The molecule has 0 spiro atoms. The van der Waals surface area contributed by atoms with Gasteiger partial charge in [0.05, 0.1) is 11.6 Å². The molecule has 1 fully saturated rings. The molecule has 2 N–H and O–H groups in total. The highest BCUT2D eigenvalue weighted by Crippen LogP contribution is 2.30. The average molecular weight is 279 g/mol. The first-order valence-corrected chi connectivity index (χ1v) is 6.65. The first-order valence-electron chi connectivity index (χ1n) is 6.65. The van der Waals surface area contributed by atoms with Crippen molar-refractivity contribution in [2.45, 2.75) is 25.7 Å². The van der Waals surface area contributed by atoms with Gasteiger partial charge in [-0.15, -0.1) is 0 Å². The highest BCUT2D eigenvalue weighted by molar-refractivity contribution is 5.70. The summed E-state index contributed by atoms with van der Waals surface area (Å²) in [6.45, 7) is 0.552. The molecule has 1 saturated carbocycles. The van der Waals surface area contributed by atoms with Gasteiger partial charge in [0.15, 0.2) is 6.20 Å². The number of nitro groups is 1. The Labute approximate surface area is 116 Å². The average Bonchev–Trinajstić information content (AvgIpc) is 2.45. The van der Waals surface area contributed by atoms with Crippen molar-refractivity contribution in [3.63, 3.8) is 0 Å². The lowest BCUT2D eigenvalue weighted by Gasteiger charge is -2.28. The van der Waals surface area contributed by atoms with Gasteiger partial charge in [-0.1, -0.05) is 12.8 Å². The van der Waals surface area contributed by atoms with E-state index in [1.54, 1.807) is 6.07 Å². The Morgan fingerprint density at radius 2 is 2.20 bits per heavy atom. The second-order valence-electron chi connectivity index (χ2n) is 5.03. The molecule has 1 heterocycles. The predicted octanol–water partition coefficient (Wildman–Crippen LogP) is 2.29. The van der Waals surface area contributed by atoms with E-state index in [1.807, 2.05) is 0 Å². The first kappa shape index (κ1) is 14.2. The topological polar surface area (TPSA) is 105 Å². The summed E-state index contributed by atoms with van der Waals surface area (Å²) in [6, 6.07) is 2.92. The number of rotatable bonds is 5. The zero-order valence-electron chi connectivity index (χ0n) is 11.0. The van der Waals surface area contributed by atoms with Gasteiger partial charge < -0.3 is 20.5 Å². The Hall–Kier alpha value is -2.18. The van der Waals surface area contributed by atoms with Crippen LogP contribution >= 0.6 is 0 Å². The van der Waals surface area contributed by atoms with E-state index in [-0.39, 0.29) is 17.7 Å². The molecular weight excluding hydrogens is 262 g/mol. The fraction of sp³-hybridized carbons (Fsp3) is 0.538. The summed E-state index contributed by atoms with van der Waals surface area (Å²) in [5.41, 5.74) is 0.672. The van der Waals surface area contributed by atoms with Gasteiger partial charge in [0.2, 0.25) is 0 Å². The van der Waals surface area contributed by atoms with E-state index < -0.39 is 10.9 Å². The van der Waals surface area contributed by atoms with Gasteiger partial charge in [-0.2, -0.15) is 0 Å². The summed E-state index contributed by atoms with van der Waals surface area (Å²) in [6.07, 6.45) is 5.03. The Balaban J connectivity index is 1.93. The third-order valence-corrected chi connectivity index (χ3v) is 3.73. The van der Waals surface area contributed by atoms with Crippen LogP contribution in [0.2, 0.25) is 0 Å². The minimum Gasteiger partial charge on any atom is -0.481 e. The van der Waals surface area contributed by atoms with E-state index >= 15 is 0 Å². The monoisotopic (exact) mass is 279 g/mol. The summed E-state index contributed by atoms with van der Waals surface area (Å²) in [5, 5.41) is 22.8. The zero-order valence-corrected chi connectivity index (χ0v) is 11.0. The number of hydrogen-bond acceptors (Lipinski definition) is 5. The zero-order chi connectivity index (χ0) is 14.5. The van der Waals surface area contributed by atoms with Crippen LogP contribution in [-0.4, -0.2) is 27.5 Å². The molecule has 0 aliphatic heterocycles. The molecule has 1 aromatic heterocycles. The van der Waals surface area contributed by atoms with Crippen LogP contribution in [0.1, 0.15) is 25.7 Å². The summed E-state index contributed by atoms with van der Waals surface area (Å²) in [7, 11) is 0. The van der Waals surface area contributed by atoms with E-state index in [0.29, 0.717) is 12.2 Å². The number of aliphatic carboxylic acids is 1. The molecule has 1 aliphatic carbocycles. The largest absolute Gasteiger partial charge is 0.481 e. The standard InChI is InChI=1S/C13H17N3O4/c17-13(18)11-4-2-1-3-9(11)7-14-10-5-6-12(15-8-10)16(19)20/h5-6,8-9,11,14H,1-4,7H2,(H,17,18). The minimum atomic E-state index is -0.738. The van der Waals surface area contributed by atoms with E-state index in [9.17, 15) is 20.0 Å². The molecule has 1 aromatic rings. The maximum Gasteiger partial charge on any atom is 0.363 e. The van der Waals surface area contributed by atoms with E-state index in [0.717, 1.165) is 25.7 Å². The first-order chi connectivity index (χ1) is 9.58. The Morgan fingerprint density at radius 3 is 2.80 bits per heavy atom. The third kappa shape index (κ3) is 3.43. The van der Waals surface area contributed by atoms with Crippen LogP contribution in [0.4, 0.5) is 11.5 Å². The van der Waals surface area contributed by atoms with Crippen LogP contribution in [0.5, 0.6) is 0 Å². The Morgan fingerprint density at radius 1 is 1.45 bits per heavy atom. The second kappa shape index (κ2) is 6.31. The van der Waals surface area contributed by atoms with Crippen molar-refractivity contribution in [1.29, 1.82) is 0 Å². The number of carbonyl (C=O) groups is 1. The van der Waals surface area contributed by atoms with Crippen LogP contribution in [0.3, 0.4) is 0 Å². The van der Waals surface area contributed by atoms with Gasteiger partial charge >= 0.3 is 11.8 Å². The number of nitrogens with zero attached hydrogens (tertiary/aromatic N) is 2. The highest BCUT2D eigenvalue weighted by Gasteiger charge is 2.30. The van der Waals surface area contributed by atoms with Crippen molar-refractivity contribution < 1.29 is 14.8 Å². The van der Waals surface area contributed by atoms with Crippen LogP contribution in [0.25, 0.3) is 0 Å². The smallest absolute Gasteiger partial charge is 0.363 e. The van der Waals surface area contributed by atoms with E-state index in [1.165, 1.54) is 12.3 Å². The van der Waals surface area contributed by atoms with Crippen molar-refractivity contribution in [1.82, 2.24) is 4.98 Å². The molecule has 0 aromatic carbocycles. The SMILES string of the molecule is O=C(O)C1CCCCC1CNc1ccc([N+](=O)[O-])nc1. The van der Waals surface area contributed by atoms with Crippen molar-refractivity contribution in [3.05, 3.63) is 28.4 Å². The van der Waals surface area contributed by atoms with E-state index in [4.69, 9.17) is 0 Å². The number of anilines is 1. The molecule has 2 unspecified atom stereocenters. The lowest BCUT2D eigenvalue weighted by atomic mass is 9.79. The number of hydrogen-bond donors (Lipinski definition) is 2. The molecule has 0 amide bonds. The van der Waals surface area contributed by atoms with Gasteiger partial charge in [0, 0.05) is 12.6 Å². The van der Waals surface area contributed by atoms with Gasteiger partial charge in [0.25, 0.3) is 0 Å². The molecule has 0 bridgehead atoms. The Bertz CT molecular complexity index is 489. The summed E-state index contributed by atoms with van der Waals surface area (Å²) >= 11 is 0. The number of nitrogens with one attached hydrogen (secondary N) is 1. The summed E-state index contributed by atoms with van der Waals surface area (Å²) in [5.74, 6) is -1.14. The molecule has 2 atom stereocenters. The Kier molecular flexibility index (Phi) is 4.49. The minimum absolute atomic E-state index is 0.0939. The number of carboxylic acid groups (broad SMARTS) is 1. The van der Waals surface area contributed by atoms with Gasteiger partial charge in [0.1, 0.15) is 0 Å². The molecule has 0 saturated heterocycles.